The van der Waals surface area contributed by atoms with E-state index in [4.69, 9.17) is 0 Å². The van der Waals surface area contributed by atoms with E-state index in [-0.39, 0.29) is 0 Å². The molecule has 0 aliphatic heterocycles. The van der Waals surface area contributed by atoms with Crippen LogP contribution in [0, 0.1) is 5.92 Å². The zero-order chi connectivity index (χ0) is 23.6. The molecule has 0 bridgehead atoms. The van der Waals surface area contributed by atoms with Gasteiger partial charge in [-0.05, 0) is 122 Å². The molecule has 5 aliphatic rings. The summed E-state index contributed by atoms with van der Waals surface area (Å²) in [6, 6.07) is 20.5. The van der Waals surface area contributed by atoms with Crippen LogP contribution in [0.4, 0.5) is 0 Å². The van der Waals surface area contributed by atoms with Crippen LogP contribution < -0.4 is 10.4 Å². The predicted octanol–water partition coefficient (Wildman–Crippen LogP) is 7.36. The van der Waals surface area contributed by atoms with Crippen molar-refractivity contribution in [3.05, 3.63) is 140 Å². The number of benzene rings is 3. The quantitative estimate of drug-likeness (QED) is 0.375. The third-order valence-corrected chi connectivity index (χ3v) is 8.69. The minimum Gasteiger partial charge on any atom is -0.0839 e. The molecule has 0 radical (unpaired) electrons. The molecule has 0 nitrogen and oxygen atoms in total. The number of hydrogen-bond donors (Lipinski definition) is 0. The lowest BCUT2D eigenvalue weighted by atomic mass is 9.76. The van der Waals surface area contributed by atoms with Crippen LogP contribution in [0.5, 0.6) is 0 Å². The maximum absolute atomic E-state index is 2.49. The number of allylic oxidation sites excluding steroid dienone is 12. The van der Waals surface area contributed by atoms with Crippen molar-refractivity contribution < 1.29 is 0 Å². The Labute approximate surface area is 212 Å². The van der Waals surface area contributed by atoms with Gasteiger partial charge in [0, 0.05) is 0 Å². The van der Waals surface area contributed by atoms with Gasteiger partial charge >= 0.3 is 0 Å². The fraction of sp³-hybridized carbons (Fsp3) is 0.167. The monoisotopic (exact) mass is 460 g/mol. The summed E-state index contributed by atoms with van der Waals surface area (Å²) in [5.41, 5.74) is 12.8. The highest BCUT2D eigenvalue weighted by Gasteiger charge is 2.31. The van der Waals surface area contributed by atoms with E-state index in [9.17, 15) is 0 Å². The zero-order valence-electron chi connectivity index (χ0n) is 20.4. The standard InChI is InChI=1S/C36H28/c1-3-11-26-20-33-28(18-24(26)9-1)16-17-32(33)36-34-21-27-12-4-2-10-25(27)19-29(34)22-35(36)31-15-7-13-23-8-5-6-14-30(23)31/h1,3,5-8,11-17,19-22,24H,2,4,9-10,18H2. The van der Waals surface area contributed by atoms with Gasteiger partial charge in [-0.15, -0.1) is 0 Å². The second kappa shape index (κ2) is 7.80. The summed E-state index contributed by atoms with van der Waals surface area (Å²) in [6.45, 7) is 0. The molecule has 0 heterocycles. The van der Waals surface area contributed by atoms with Gasteiger partial charge in [-0.3, -0.25) is 0 Å². The van der Waals surface area contributed by atoms with Crippen LogP contribution in [0.15, 0.2) is 113 Å². The van der Waals surface area contributed by atoms with Crippen molar-refractivity contribution in [1.29, 1.82) is 0 Å². The molecule has 1 atom stereocenters. The molecule has 36 heavy (non-hydrogen) atoms. The minimum atomic E-state index is 0.633. The maximum Gasteiger partial charge on any atom is -0.00200 e. The van der Waals surface area contributed by atoms with Gasteiger partial charge < -0.3 is 0 Å². The molecule has 3 aromatic carbocycles. The molecular weight excluding hydrogens is 432 g/mol. The van der Waals surface area contributed by atoms with Gasteiger partial charge in [-0.1, -0.05) is 91.1 Å². The van der Waals surface area contributed by atoms with E-state index in [1.165, 1.54) is 90.6 Å². The van der Waals surface area contributed by atoms with Gasteiger partial charge in [0.2, 0.25) is 0 Å². The van der Waals surface area contributed by atoms with Crippen molar-refractivity contribution in [1.82, 2.24) is 0 Å². The third kappa shape index (κ3) is 3.00. The third-order valence-electron chi connectivity index (χ3n) is 8.69. The van der Waals surface area contributed by atoms with Crippen LogP contribution in [0.1, 0.15) is 42.4 Å². The second-order valence-electron chi connectivity index (χ2n) is 10.8. The summed E-state index contributed by atoms with van der Waals surface area (Å²) >= 11 is 0. The minimum absolute atomic E-state index is 0.633. The summed E-state index contributed by atoms with van der Waals surface area (Å²) in [5, 5.41) is 5.45. The maximum atomic E-state index is 2.49. The van der Waals surface area contributed by atoms with Crippen LogP contribution in [0.25, 0.3) is 34.1 Å². The summed E-state index contributed by atoms with van der Waals surface area (Å²) in [7, 11) is 0. The Morgan fingerprint density at radius 3 is 2.72 bits per heavy atom. The SMILES string of the molecule is C1=CCC2CC3=CC=C(C4=C(c5cccc6ccccc56)C=c5cc6c(cc54)=CCCC6)C3=CC2=C1. The molecule has 0 heteroatoms. The van der Waals surface area contributed by atoms with Gasteiger partial charge in [-0.2, -0.15) is 0 Å². The molecule has 0 saturated heterocycles. The smallest absolute Gasteiger partial charge is 0.00200 e. The predicted molar refractivity (Wildman–Crippen MR) is 153 cm³/mol. The fourth-order valence-corrected chi connectivity index (χ4v) is 6.90. The molecule has 8 rings (SSSR count). The first kappa shape index (κ1) is 20.3. The first-order valence-electron chi connectivity index (χ1n) is 13.4. The summed E-state index contributed by atoms with van der Waals surface area (Å²) in [6.07, 6.45) is 25.0. The van der Waals surface area contributed by atoms with Crippen molar-refractivity contribution in [3.63, 3.8) is 0 Å². The Balaban J connectivity index is 1.39. The molecule has 0 N–H and O–H groups in total. The van der Waals surface area contributed by atoms with E-state index in [1.807, 2.05) is 0 Å². The van der Waals surface area contributed by atoms with Crippen molar-refractivity contribution >= 4 is 34.1 Å². The van der Waals surface area contributed by atoms with Gasteiger partial charge in [0.1, 0.15) is 0 Å². The second-order valence-corrected chi connectivity index (χ2v) is 10.8. The average molecular weight is 461 g/mol. The lowest BCUT2D eigenvalue weighted by Crippen LogP contribution is -2.20. The van der Waals surface area contributed by atoms with Gasteiger partial charge in [0.15, 0.2) is 0 Å². The van der Waals surface area contributed by atoms with E-state index in [1.54, 1.807) is 0 Å². The normalized spacial score (nSPS) is 21.4. The van der Waals surface area contributed by atoms with Crippen molar-refractivity contribution in [2.45, 2.75) is 32.1 Å². The fourth-order valence-electron chi connectivity index (χ4n) is 6.90. The van der Waals surface area contributed by atoms with Crippen molar-refractivity contribution in [3.8, 4) is 0 Å². The van der Waals surface area contributed by atoms with Crippen LogP contribution in [0.3, 0.4) is 0 Å². The summed E-state index contributed by atoms with van der Waals surface area (Å²) < 4.78 is 0. The van der Waals surface area contributed by atoms with E-state index in [2.05, 4.69) is 103 Å². The molecule has 1 unspecified atom stereocenters. The highest BCUT2D eigenvalue weighted by Crippen LogP contribution is 2.48. The van der Waals surface area contributed by atoms with E-state index >= 15 is 0 Å². The lowest BCUT2D eigenvalue weighted by Gasteiger charge is -2.28. The molecule has 0 aromatic heterocycles. The molecule has 0 saturated carbocycles. The Hall–Kier alpha value is -3.90. The van der Waals surface area contributed by atoms with Crippen molar-refractivity contribution in [2.75, 3.05) is 0 Å². The highest BCUT2D eigenvalue weighted by molar-refractivity contribution is 6.18. The topological polar surface area (TPSA) is 0 Å². The molecular formula is C36H28. The number of fused-ring (bicyclic) bond motifs is 5. The Kier molecular flexibility index (Phi) is 4.40. The van der Waals surface area contributed by atoms with Crippen LogP contribution in [-0.2, 0) is 6.42 Å². The lowest BCUT2D eigenvalue weighted by molar-refractivity contribution is 0.615. The van der Waals surface area contributed by atoms with Crippen LogP contribution >= 0.6 is 0 Å². The molecule has 172 valence electrons. The molecule has 0 amide bonds. The first-order chi connectivity index (χ1) is 17.8. The van der Waals surface area contributed by atoms with Crippen LogP contribution in [-0.4, -0.2) is 0 Å². The largest absolute Gasteiger partial charge is 0.0839 e. The van der Waals surface area contributed by atoms with E-state index < -0.39 is 0 Å². The number of hydrogen-bond acceptors (Lipinski definition) is 0. The van der Waals surface area contributed by atoms with Gasteiger partial charge in [-0.25, -0.2) is 0 Å². The molecule has 3 aromatic rings. The zero-order valence-corrected chi connectivity index (χ0v) is 20.4. The Morgan fingerprint density at radius 1 is 0.778 bits per heavy atom. The van der Waals surface area contributed by atoms with Crippen molar-refractivity contribution in [2.24, 2.45) is 5.92 Å². The van der Waals surface area contributed by atoms with E-state index in [0.29, 0.717) is 5.92 Å². The molecule has 5 aliphatic carbocycles. The Bertz CT molecular complexity index is 1790. The molecule has 0 spiro atoms. The van der Waals surface area contributed by atoms with Gasteiger partial charge in [0.25, 0.3) is 0 Å². The number of aryl methyl sites for hydroxylation is 1. The summed E-state index contributed by atoms with van der Waals surface area (Å²) in [4.78, 5) is 0. The first-order valence-corrected chi connectivity index (χ1v) is 13.4. The van der Waals surface area contributed by atoms with E-state index in [0.717, 1.165) is 12.8 Å². The van der Waals surface area contributed by atoms with Gasteiger partial charge in [0.05, 0.1) is 0 Å². The highest BCUT2D eigenvalue weighted by atomic mass is 14.3. The van der Waals surface area contributed by atoms with Crippen LogP contribution in [0.2, 0.25) is 0 Å². The molecule has 0 fully saturated rings. The summed E-state index contributed by atoms with van der Waals surface area (Å²) in [5.74, 6) is 0.633. The number of rotatable bonds is 2. The Morgan fingerprint density at radius 2 is 1.72 bits per heavy atom. The average Bonchev–Trinajstić information content (AvgIpc) is 3.50.